The van der Waals surface area contributed by atoms with E-state index in [4.69, 9.17) is 14.5 Å². The number of nitrogens with one attached hydrogen (secondary N) is 1. The molecule has 154 valence electrons. The quantitative estimate of drug-likeness (QED) is 0.807. The van der Waals surface area contributed by atoms with Crippen molar-refractivity contribution in [3.63, 3.8) is 0 Å². The Kier molecular flexibility index (Phi) is 5.38. The minimum absolute atomic E-state index is 0.136. The number of hydrogen-bond acceptors (Lipinski definition) is 6. The molecule has 2 aromatic heterocycles. The zero-order chi connectivity index (χ0) is 20.4. The summed E-state index contributed by atoms with van der Waals surface area (Å²) >= 11 is 0. The molecule has 8 nitrogen and oxygen atoms in total. The Morgan fingerprint density at radius 1 is 1.24 bits per heavy atom. The third kappa shape index (κ3) is 4.49. The standard InChI is InChI=1S/C21H27N5O3/c1-21(2,3)29-12-9-18(27)24-20-22-16-7-8-17(25-10-13-28-14-11-25)23-19(16)26(20)15-5-4-6-15/h4-8H,9-14H2,1-3H3,(H,22,24,27). The number of fused-ring (bicyclic) bond motifs is 1. The van der Waals surface area contributed by atoms with Gasteiger partial charge in [-0.05, 0) is 45.1 Å². The van der Waals surface area contributed by atoms with Crippen molar-refractivity contribution in [2.75, 3.05) is 43.1 Å². The molecule has 2 aromatic rings. The van der Waals surface area contributed by atoms with Crippen molar-refractivity contribution in [3.05, 3.63) is 30.4 Å². The summed E-state index contributed by atoms with van der Waals surface area (Å²) in [6.07, 6.45) is 6.17. The van der Waals surface area contributed by atoms with E-state index in [0.29, 0.717) is 25.8 Å². The number of pyridine rings is 1. The first-order valence-electron chi connectivity index (χ1n) is 9.95. The van der Waals surface area contributed by atoms with Crippen molar-refractivity contribution in [2.45, 2.75) is 32.8 Å². The summed E-state index contributed by atoms with van der Waals surface area (Å²) in [6, 6.07) is 3.92. The lowest BCUT2D eigenvalue weighted by Crippen LogP contribution is -2.36. The van der Waals surface area contributed by atoms with Crippen LogP contribution in [0.4, 0.5) is 11.8 Å². The van der Waals surface area contributed by atoms with Crippen LogP contribution in [-0.4, -0.2) is 59.0 Å². The van der Waals surface area contributed by atoms with Gasteiger partial charge < -0.3 is 14.4 Å². The monoisotopic (exact) mass is 397 g/mol. The van der Waals surface area contributed by atoms with Gasteiger partial charge in [0.15, 0.2) is 5.65 Å². The van der Waals surface area contributed by atoms with Gasteiger partial charge in [-0.1, -0.05) is 6.08 Å². The number of imidazole rings is 1. The van der Waals surface area contributed by atoms with Crippen molar-refractivity contribution in [2.24, 2.45) is 0 Å². The highest BCUT2D eigenvalue weighted by Crippen LogP contribution is 2.28. The average molecular weight is 397 g/mol. The highest BCUT2D eigenvalue weighted by atomic mass is 16.5. The highest BCUT2D eigenvalue weighted by Gasteiger charge is 2.20. The van der Waals surface area contributed by atoms with Gasteiger partial charge in [-0.25, -0.2) is 9.97 Å². The van der Waals surface area contributed by atoms with Gasteiger partial charge in [-0.2, -0.15) is 0 Å². The molecular weight excluding hydrogens is 370 g/mol. The van der Waals surface area contributed by atoms with E-state index in [1.54, 1.807) is 0 Å². The van der Waals surface area contributed by atoms with Crippen molar-refractivity contribution in [3.8, 4) is 0 Å². The molecule has 4 rings (SSSR count). The van der Waals surface area contributed by atoms with Crippen LogP contribution in [0.25, 0.3) is 16.9 Å². The zero-order valence-electron chi connectivity index (χ0n) is 17.1. The number of morpholine rings is 1. The van der Waals surface area contributed by atoms with Crippen molar-refractivity contribution in [1.82, 2.24) is 14.5 Å². The zero-order valence-corrected chi connectivity index (χ0v) is 17.1. The fourth-order valence-electron chi connectivity index (χ4n) is 3.21. The molecule has 0 atom stereocenters. The first-order chi connectivity index (χ1) is 13.9. The van der Waals surface area contributed by atoms with E-state index in [0.717, 1.165) is 35.8 Å². The van der Waals surface area contributed by atoms with Crippen LogP contribution < -0.4 is 10.2 Å². The Balaban J connectivity index is 1.57. The summed E-state index contributed by atoms with van der Waals surface area (Å²) < 4.78 is 13.0. The second-order valence-electron chi connectivity index (χ2n) is 8.09. The van der Waals surface area contributed by atoms with Gasteiger partial charge in [0.25, 0.3) is 0 Å². The maximum Gasteiger partial charge on any atom is 0.229 e. The van der Waals surface area contributed by atoms with Gasteiger partial charge in [-0.15, -0.1) is 0 Å². The number of anilines is 2. The number of carbonyl (C=O) groups is 1. The summed E-state index contributed by atoms with van der Waals surface area (Å²) in [5.41, 5.74) is 2.14. The number of amides is 1. The molecule has 0 aromatic carbocycles. The molecule has 0 bridgehead atoms. The minimum Gasteiger partial charge on any atom is -0.378 e. The largest absolute Gasteiger partial charge is 0.378 e. The normalized spacial score (nSPS) is 16.7. The van der Waals surface area contributed by atoms with E-state index in [-0.39, 0.29) is 17.9 Å². The van der Waals surface area contributed by atoms with E-state index >= 15 is 0 Å². The molecule has 1 fully saturated rings. The van der Waals surface area contributed by atoms with Gasteiger partial charge >= 0.3 is 0 Å². The lowest BCUT2D eigenvalue weighted by molar-refractivity contribution is -0.118. The Labute approximate surface area is 170 Å². The van der Waals surface area contributed by atoms with Crippen LogP contribution in [0.15, 0.2) is 30.4 Å². The molecule has 0 spiro atoms. The lowest BCUT2D eigenvalue weighted by Gasteiger charge is -2.27. The predicted molar refractivity (Wildman–Crippen MR) is 113 cm³/mol. The maximum atomic E-state index is 12.4. The van der Waals surface area contributed by atoms with Crippen molar-refractivity contribution in [1.29, 1.82) is 0 Å². The molecule has 1 saturated heterocycles. The Hall–Kier alpha value is -2.71. The van der Waals surface area contributed by atoms with Crippen molar-refractivity contribution < 1.29 is 14.3 Å². The van der Waals surface area contributed by atoms with E-state index in [1.165, 1.54) is 0 Å². The smallest absolute Gasteiger partial charge is 0.229 e. The van der Waals surface area contributed by atoms with Crippen molar-refractivity contribution >= 4 is 34.5 Å². The number of aromatic nitrogens is 3. The molecule has 0 unspecified atom stereocenters. The van der Waals surface area contributed by atoms with Crippen LogP contribution in [0, 0.1) is 0 Å². The van der Waals surface area contributed by atoms with Gasteiger partial charge in [-0.3, -0.25) is 14.7 Å². The molecule has 0 saturated carbocycles. The first-order valence-corrected chi connectivity index (χ1v) is 9.95. The molecular formula is C21H27N5O3. The van der Waals surface area contributed by atoms with Crippen LogP contribution in [0.2, 0.25) is 0 Å². The molecule has 2 aliphatic rings. The molecule has 1 aliphatic heterocycles. The predicted octanol–water partition coefficient (Wildman–Crippen LogP) is 2.82. The lowest BCUT2D eigenvalue weighted by atomic mass is 10.2. The molecule has 1 amide bonds. The fourth-order valence-corrected chi connectivity index (χ4v) is 3.21. The van der Waals surface area contributed by atoms with Crippen LogP contribution in [0.3, 0.4) is 0 Å². The van der Waals surface area contributed by atoms with Gasteiger partial charge in [0.2, 0.25) is 11.9 Å². The fraction of sp³-hybridized carbons (Fsp3) is 0.476. The van der Waals surface area contributed by atoms with Crippen LogP contribution in [0.5, 0.6) is 0 Å². The number of hydrogen-bond donors (Lipinski definition) is 1. The highest BCUT2D eigenvalue weighted by molar-refractivity contribution is 5.93. The summed E-state index contributed by atoms with van der Waals surface area (Å²) in [4.78, 5) is 24.1. The SMILES string of the molecule is CC(C)(C)OCCC(=O)Nc1nc2ccc(N3CCOCC3)nc2n1C1=CC=C1. The maximum absolute atomic E-state index is 12.4. The Bertz CT molecular complexity index is 965. The Morgan fingerprint density at radius 2 is 2.00 bits per heavy atom. The Morgan fingerprint density at radius 3 is 2.66 bits per heavy atom. The molecule has 0 radical (unpaired) electrons. The van der Waals surface area contributed by atoms with Gasteiger partial charge in [0.1, 0.15) is 11.3 Å². The molecule has 3 heterocycles. The second-order valence-corrected chi connectivity index (χ2v) is 8.09. The van der Waals surface area contributed by atoms with E-state index in [9.17, 15) is 4.79 Å². The van der Waals surface area contributed by atoms with Crippen LogP contribution in [0.1, 0.15) is 27.2 Å². The minimum atomic E-state index is -0.269. The van der Waals surface area contributed by atoms with Gasteiger partial charge in [0, 0.05) is 13.1 Å². The average Bonchev–Trinajstić information content (AvgIpc) is 2.97. The van der Waals surface area contributed by atoms with Crippen LogP contribution in [-0.2, 0) is 14.3 Å². The topological polar surface area (TPSA) is 81.5 Å². The molecule has 8 heteroatoms. The number of ether oxygens (including phenoxy) is 2. The third-order valence-corrected chi connectivity index (χ3v) is 4.73. The second kappa shape index (κ2) is 7.96. The van der Waals surface area contributed by atoms with E-state index in [2.05, 4.69) is 15.2 Å². The number of nitrogens with zero attached hydrogens (tertiary/aromatic N) is 4. The number of rotatable bonds is 6. The molecule has 1 N–H and O–H groups in total. The molecule has 1 aliphatic carbocycles. The summed E-state index contributed by atoms with van der Waals surface area (Å²) in [5, 5.41) is 2.92. The number of carbonyl (C=O) groups excluding carboxylic acids is 1. The summed E-state index contributed by atoms with van der Waals surface area (Å²) in [6.45, 7) is 9.29. The third-order valence-electron chi connectivity index (χ3n) is 4.73. The summed E-state index contributed by atoms with van der Waals surface area (Å²) in [5.74, 6) is 1.23. The van der Waals surface area contributed by atoms with Crippen LogP contribution >= 0.6 is 0 Å². The van der Waals surface area contributed by atoms with E-state index in [1.807, 2.05) is 55.7 Å². The van der Waals surface area contributed by atoms with Gasteiger partial charge in [0.05, 0.1) is 37.5 Å². The molecule has 29 heavy (non-hydrogen) atoms. The first kappa shape index (κ1) is 19.6. The van der Waals surface area contributed by atoms with E-state index < -0.39 is 0 Å². The number of allylic oxidation sites excluding steroid dienone is 4. The summed E-state index contributed by atoms with van der Waals surface area (Å²) in [7, 11) is 0.